The van der Waals surface area contributed by atoms with Crippen LogP contribution < -0.4 is 16.0 Å². The summed E-state index contributed by atoms with van der Waals surface area (Å²) in [5.74, 6) is -0.189. The maximum absolute atomic E-state index is 12.7. The van der Waals surface area contributed by atoms with Gasteiger partial charge in [-0.2, -0.15) is 0 Å². The molecular weight excluding hydrogens is 350 g/mol. The molecule has 7 heteroatoms. The van der Waals surface area contributed by atoms with Gasteiger partial charge in [-0.05, 0) is 49.4 Å². The number of hydrogen-bond acceptors (Lipinski definition) is 5. The number of anilines is 2. The number of hydrogen-bond donors (Lipinski definition) is 3. The van der Waals surface area contributed by atoms with Crippen LogP contribution in [0.5, 0.6) is 0 Å². The molecule has 1 atom stereocenters. The summed E-state index contributed by atoms with van der Waals surface area (Å²) in [6.45, 7) is 1.98. The van der Waals surface area contributed by atoms with E-state index in [2.05, 4.69) is 25.9 Å². The molecule has 1 aliphatic heterocycles. The van der Waals surface area contributed by atoms with Gasteiger partial charge in [-0.3, -0.25) is 14.8 Å². The highest BCUT2D eigenvalue weighted by Crippen LogP contribution is 2.27. The van der Waals surface area contributed by atoms with Crippen molar-refractivity contribution in [2.24, 2.45) is 0 Å². The quantitative estimate of drug-likeness (QED) is 0.658. The second-order valence-corrected chi connectivity index (χ2v) is 6.09. The van der Waals surface area contributed by atoms with Crippen LogP contribution in [0.15, 0.2) is 55.0 Å². The number of amides is 1. The second kappa shape index (κ2) is 8.12. The van der Waals surface area contributed by atoms with Crippen LogP contribution in [0.25, 0.3) is 10.9 Å². The van der Waals surface area contributed by atoms with Gasteiger partial charge in [0.05, 0.1) is 23.0 Å². The van der Waals surface area contributed by atoms with Crippen LogP contribution in [-0.2, 0) is 0 Å². The maximum atomic E-state index is 12.7. The number of aromatic nitrogens is 2. The summed E-state index contributed by atoms with van der Waals surface area (Å²) < 4.78 is 0. The Kier molecular flexibility index (Phi) is 5.65. The average molecular weight is 370 g/mol. The van der Waals surface area contributed by atoms with Gasteiger partial charge in [0.2, 0.25) is 0 Å². The minimum absolute atomic E-state index is 0. The van der Waals surface area contributed by atoms with Gasteiger partial charge in [0, 0.05) is 36.1 Å². The number of halogens is 1. The highest BCUT2D eigenvalue weighted by Gasteiger charge is 2.18. The number of pyridine rings is 2. The summed E-state index contributed by atoms with van der Waals surface area (Å²) in [4.78, 5) is 21.1. The molecule has 1 aromatic carbocycles. The van der Waals surface area contributed by atoms with Gasteiger partial charge in [-0.1, -0.05) is 0 Å². The van der Waals surface area contributed by atoms with Gasteiger partial charge in [-0.25, -0.2) is 0 Å². The highest BCUT2D eigenvalue weighted by atomic mass is 35.5. The van der Waals surface area contributed by atoms with Crippen LogP contribution in [0.1, 0.15) is 16.8 Å². The fourth-order valence-electron chi connectivity index (χ4n) is 3.11. The molecule has 1 fully saturated rings. The first kappa shape index (κ1) is 18.1. The fourth-order valence-corrected chi connectivity index (χ4v) is 3.11. The van der Waals surface area contributed by atoms with Crippen LogP contribution in [0.4, 0.5) is 11.4 Å². The van der Waals surface area contributed by atoms with Crippen LogP contribution in [0.2, 0.25) is 0 Å². The standard InChI is InChI=1S/C19H19N5O.ClH/c25-19(24-13-3-1-8-20-11-13)16-5-6-17(23-14-7-10-21-12-14)15-4-2-9-22-18(15)16;/h1-6,8-9,11,14,21,23H,7,10,12H2,(H,24,25);1H/t14-;/m0./s1. The Morgan fingerprint density at radius 2 is 2.04 bits per heavy atom. The molecule has 3 N–H and O–H groups in total. The monoisotopic (exact) mass is 369 g/mol. The van der Waals surface area contributed by atoms with Crippen LogP contribution in [0, 0.1) is 0 Å². The van der Waals surface area contributed by atoms with Gasteiger partial charge in [0.15, 0.2) is 0 Å². The first-order chi connectivity index (χ1) is 12.3. The third kappa shape index (κ3) is 3.76. The third-order valence-corrected chi connectivity index (χ3v) is 4.35. The predicted octanol–water partition coefficient (Wildman–Crippen LogP) is 3.08. The summed E-state index contributed by atoms with van der Waals surface area (Å²) in [6.07, 6.45) is 6.09. The van der Waals surface area contributed by atoms with Crippen LogP contribution in [0.3, 0.4) is 0 Å². The second-order valence-electron chi connectivity index (χ2n) is 6.09. The Morgan fingerprint density at radius 1 is 1.15 bits per heavy atom. The molecule has 6 nitrogen and oxygen atoms in total. The predicted molar refractivity (Wildman–Crippen MR) is 106 cm³/mol. The lowest BCUT2D eigenvalue weighted by molar-refractivity contribution is 0.102. The van der Waals surface area contributed by atoms with Crippen molar-refractivity contribution in [1.29, 1.82) is 0 Å². The molecule has 1 aliphatic rings. The zero-order chi connectivity index (χ0) is 17.1. The number of carbonyl (C=O) groups is 1. The molecule has 0 unspecified atom stereocenters. The number of benzene rings is 1. The van der Waals surface area contributed by atoms with E-state index in [1.807, 2.05) is 30.3 Å². The minimum Gasteiger partial charge on any atom is -0.380 e. The normalized spacial score (nSPS) is 16.1. The van der Waals surface area contributed by atoms with E-state index in [1.165, 1.54) is 0 Å². The smallest absolute Gasteiger partial charge is 0.257 e. The zero-order valence-corrected chi connectivity index (χ0v) is 14.9. The molecular formula is C19H20ClN5O. The fraction of sp³-hybridized carbons (Fsp3) is 0.211. The van der Waals surface area contributed by atoms with Crippen molar-refractivity contribution in [3.63, 3.8) is 0 Å². The van der Waals surface area contributed by atoms with E-state index in [9.17, 15) is 4.79 Å². The lowest BCUT2D eigenvalue weighted by atomic mass is 10.1. The topological polar surface area (TPSA) is 78.9 Å². The number of carbonyl (C=O) groups excluding carboxylic acids is 1. The summed E-state index contributed by atoms with van der Waals surface area (Å²) in [7, 11) is 0. The average Bonchev–Trinajstić information content (AvgIpc) is 3.16. The zero-order valence-electron chi connectivity index (χ0n) is 14.1. The molecule has 0 bridgehead atoms. The summed E-state index contributed by atoms with van der Waals surface area (Å²) >= 11 is 0. The van der Waals surface area contributed by atoms with Crippen LogP contribution >= 0.6 is 12.4 Å². The lowest BCUT2D eigenvalue weighted by Gasteiger charge is -2.16. The maximum Gasteiger partial charge on any atom is 0.257 e. The first-order valence-electron chi connectivity index (χ1n) is 8.37. The molecule has 26 heavy (non-hydrogen) atoms. The Labute approximate surface area is 157 Å². The minimum atomic E-state index is -0.189. The highest BCUT2D eigenvalue weighted by molar-refractivity contribution is 6.13. The molecule has 134 valence electrons. The van der Waals surface area contributed by atoms with Crippen molar-refractivity contribution in [2.45, 2.75) is 12.5 Å². The number of nitrogens with one attached hydrogen (secondary N) is 3. The Bertz CT molecular complexity index is 897. The third-order valence-electron chi connectivity index (χ3n) is 4.35. The summed E-state index contributed by atoms with van der Waals surface area (Å²) in [5.41, 5.74) is 2.92. The molecule has 1 saturated heterocycles. The van der Waals surface area contributed by atoms with E-state index in [-0.39, 0.29) is 18.3 Å². The van der Waals surface area contributed by atoms with Crippen molar-refractivity contribution in [1.82, 2.24) is 15.3 Å². The van der Waals surface area contributed by atoms with Crippen molar-refractivity contribution < 1.29 is 4.79 Å². The Morgan fingerprint density at radius 3 is 2.81 bits per heavy atom. The Balaban J connectivity index is 0.00000196. The van der Waals surface area contributed by atoms with Gasteiger partial charge >= 0.3 is 0 Å². The van der Waals surface area contributed by atoms with Crippen molar-refractivity contribution in [2.75, 3.05) is 23.7 Å². The molecule has 0 aliphatic carbocycles. The lowest BCUT2D eigenvalue weighted by Crippen LogP contribution is -2.22. The molecule has 2 aromatic heterocycles. The van der Waals surface area contributed by atoms with E-state index in [1.54, 1.807) is 24.7 Å². The summed E-state index contributed by atoms with van der Waals surface area (Å²) in [5, 5.41) is 10.7. The SMILES string of the molecule is Cl.O=C(Nc1cccnc1)c1ccc(N[C@H]2CCNC2)c2cccnc12. The first-order valence-corrected chi connectivity index (χ1v) is 8.37. The van der Waals surface area contributed by atoms with E-state index < -0.39 is 0 Å². The van der Waals surface area contributed by atoms with E-state index in [0.717, 1.165) is 30.6 Å². The molecule has 4 rings (SSSR count). The molecule has 1 amide bonds. The van der Waals surface area contributed by atoms with Gasteiger partial charge in [-0.15, -0.1) is 12.4 Å². The van der Waals surface area contributed by atoms with Crippen molar-refractivity contribution in [3.05, 3.63) is 60.6 Å². The largest absolute Gasteiger partial charge is 0.380 e. The molecule has 3 heterocycles. The van der Waals surface area contributed by atoms with Crippen molar-refractivity contribution in [3.8, 4) is 0 Å². The van der Waals surface area contributed by atoms with Crippen LogP contribution in [-0.4, -0.2) is 35.0 Å². The molecule has 0 saturated carbocycles. The van der Waals surface area contributed by atoms with E-state index in [0.29, 0.717) is 22.8 Å². The van der Waals surface area contributed by atoms with E-state index >= 15 is 0 Å². The number of fused-ring (bicyclic) bond motifs is 1. The number of rotatable bonds is 4. The van der Waals surface area contributed by atoms with Gasteiger partial charge in [0.25, 0.3) is 5.91 Å². The van der Waals surface area contributed by atoms with Crippen molar-refractivity contribution >= 4 is 40.6 Å². The molecule has 0 radical (unpaired) electrons. The van der Waals surface area contributed by atoms with Gasteiger partial charge in [0.1, 0.15) is 0 Å². The van der Waals surface area contributed by atoms with Gasteiger partial charge < -0.3 is 16.0 Å². The molecule has 0 spiro atoms. The van der Waals surface area contributed by atoms with E-state index in [4.69, 9.17) is 0 Å². The number of nitrogens with zero attached hydrogens (tertiary/aromatic N) is 2. The summed E-state index contributed by atoms with van der Waals surface area (Å²) in [6, 6.07) is 11.7. The Hall–Kier alpha value is -2.70. The molecule has 3 aromatic rings.